The zero-order valence-electron chi connectivity index (χ0n) is 8.47. The summed E-state index contributed by atoms with van der Waals surface area (Å²) in [5.41, 5.74) is 0. The lowest BCUT2D eigenvalue weighted by Gasteiger charge is -2.36. The summed E-state index contributed by atoms with van der Waals surface area (Å²) in [7, 11) is 0. The fraction of sp³-hybridized carbons (Fsp3) is 1.00. The number of nitrogens with one attached hydrogen (secondary N) is 1. The Morgan fingerprint density at radius 3 is 2.15 bits per heavy atom. The van der Waals surface area contributed by atoms with Gasteiger partial charge in [-0.1, -0.05) is 6.42 Å². The minimum atomic E-state index is 1.16. The molecule has 2 aliphatic heterocycles. The largest absolute Gasteiger partial charge is 0.315 e. The van der Waals surface area contributed by atoms with E-state index in [2.05, 4.69) is 15.3 Å². The molecule has 3 nitrogen and oxygen atoms in total. The quantitative estimate of drug-likeness (QED) is 0.645. The average molecular weight is 183 g/mol. The van der Waals surface area contributed by atoms with Crippen molar-refractivity contribution in [2.24, 2.45) is 0 Å². The van der Waals surface area contributed by atoms with Crippen LogP contribution in [0.4, 0.5) is 0 Å². The summed E-state index contributed by atoms with van der Waals surface area (Å²) in [6.07, 6.45) is 5.52. The van der Waals surface area contributed by atoms with Gasteiger partial charge in [0.15, 0.2) is 0 Å². The molecule has 2 heterocycles. The second-order valence-corrected chi connectivity index (χ2v) is 4.07. The van der Waals surface area contributed by atoms with Crippen LogP contribution in [0.3, 0.4) is 0 Å². The number of hydrogen-bond acceptors (Lipinski definition) is 3. The monoisotopic (exact) mass is 183 g/mol. The van der Waals surface area contributed by atoms with Gasteiger partial charge in [0.25, 0.3) is 0 Å². The van der Waals surface area contributed by atoms with E-state index in [9.17, 15) is 0 Å². The third kappa shape index (κ3) is 2.66. The molecule has 0 spiro atoms. The molecule has 2 rings (SSSR count). The van der Waals surface area contributed by atoms with Crippen molar-refractivity contribution in [3.8, 4) is 0 Å². The molecule has 0 radical (unpaired) electrons. The Bertz CT molecular complexity index is 135. The van der Waals surface area contributed by atoms with Crippen molar-refractivity contribution in [3.63, 3.8) is 0 Å². The Kier molecular flexibility index (Phi) is 3.58. The Morgan fingerprint density at radius 1 is 0.615 bits per heavy atom. The van der Waals surface area contributed by atoms with Crippen LogP contribution in [-0.2, 0) is 0 Å². The maximum atomic E-state index is 3.45. The fourth-order valence-electron chi connectivity index (χ4n) is 2.27. The topological polar surface area (TPSA) is 18.5 Å². The van der Waals surface area contributed by atoms with Gasteiger partial charge in [0.2, 0.25) is 0 Å². The van der Waals surface area contributed by atoms with Crippen LogP contribution in [0.1, 0.15) is 25.7 Å². The van der Waals surface area contributed by atoms with Gasteiger partial charge >= 0.3 is 0 Å². The van der Waals surface area contributed by atoms with Crippen molar-refractivity contribution in [1.29, 1.82) is 0 Å². The van der Waals surface area contributed by atoms with Crippen molar-refractivity contribution in [2.45, 2.75) is 25.7 Å². The maximum absolute atomic E-state index is 3.45. The van der Waals surface area contributed by atoms with Crippen molar-refractivity contribution in [2.75, 3.05) is 39.3 Å². The van der Waals surface area contributed by atoms with Crippen LogP contribution in [-0.4, -0.2) is 49.3 Å². The molecule has 2 saturated heterocycles. The van der Waals surface area contributed by atoms with E-state index in [-0.39, 0.29) is 0 Å². The Hall–Kier alpha value is -0.120. The number of hydrazine groups is 1. The van der Waals surface area contributed by atoms with E-state index in [1.165, 1.54) is 58.4 Å². The number of piperidine rings is 1. The normalized spacial score (nSPS) is 28.6. The molecule has 3 heteroatoms. The highest BCUT2D eigenvalue weighted by Gasteiger charge is 2.18. The van der Waals surface area contributed by atoms with E-state index in [1.807, 2.05) is 0 Å². The Labute approximate surface area is 81.1 Å². The van der Waals surface area contributed by atoms with Crippen LogP contribution in [0.25, 0.3) is 0 Å². The minimum absolute atomic E-state index is 1.16. The predicted molar refractivity (Wildman–Crippen MR) is 54.5 cm³/mol. The SMILES string of the molecule is C1CCN(N2CCCNCC2)CC1. The summed E-state index contributed by atoms with van der Waals surface area (Å²) in [6.45, 7) is 7.41. The molecule has 2 aliphatic rings. The summed E-state index contributed by atoms with van der Waals surface area (Å²) >= 11 is 0. The first-order valence-corrected chi connectivity index (χ1v) is 5.67. The van der Waals surface area contributed by atoms with Gasteiger partial charge in [-0.3, -0.25) is 0 Å². The summed E-state index contributed by atoms with van der Waals surface area (Å²) in [6, 6.07) is 0. The van der Waals surface area contributed by atoms with E-state index in [1.54, 1.807) is 0 Å². The lowest BCUT2D eigenvalue weighted by molar-refractivity contribution is -0.0340. The molecule has 0 aromatic carbocycles. The second kappa shape index (κ2) is 4.94. The molecule has 0 amide bonds. The standard InChI is InChI=1S/C10H21N3/c1-2-7-12(8-3-1)13-9-4-5-11-6-10-13/h11H,1-10H2. The highest BCUT2D eigenvalue weighted by Crippen LogP contribution is 2.12. The molecule has 0 unspecified atom stereocenters. The van der Waals surface area contributed by atoms with Gasteiger partial charge in [-0.25, -0.2) is 10.0 Å². The fourth-order valence-corrected chi connectivity index (χ4v) is 2.27. The van der Waals surface area contributed by atoms with Crippen molar-refractivity contribution >= 4 is 0 Å². The molecule has 0 atom stereocenters. The van der Waals surface area contributed by atoms with Gasteiger partial charge in [-0.05, 0) is 25.8 Å². The number of hydrogen-bond donors (Lipinski definition) is 1. The molecular formula is C10H21N3. The smallest absolute Gasteiger partial charge is 0.0258 e. The van der Waals surface area contributed by atoms with E-state index in [4.69, 9.17) is 0 Å². The molecular weight excluding hydrogens is 162 g/mol. The number of rotatable bonds is 1. The summed E-state index contributed by atoms with van der Waals surface area (Å²) in [5, 5.41) is 8.57. The molecule has 13 heavy (non-hydrogen) atoms. The van der Waals surface area contributed by atoms with Gasteiger partial charge in [-0.15, -0.1) is 0 Å². The van der Waals surface area contributed by atoms with E-state index >= 15 is 0 Å². The minimum Gasteiger partial charge on any atom is -0.315 e. The lowest BCUT2D eigenvalue weighted by Crippen LogP contribution is -2.46. The lowest BCUT2D eigenvalue weighted by atomic mass is 10.2. The van der Waals surface area contributed by atoms with Crippen molar-refractivity contribution in [3.05, 3.63) is 0 Å². The van der Waals surface area contributed by atoms with Crippen LogP contribution < -0.4 is 5.32 Å². The molecule has 0 aromatic rings. The third-order valence-electron chi connectivity index (χ3n) is 3.05. The highest BCUT2D eigenvalue weighted by molar-refractivity contribution is 4.68. The van der Waals surface area contributed by atoms with Crippen LogP contribution in [0, 0.1) is 0 Å². The van der Waals surface area contributed by atoms with Gasteiger partial charge in [0.05, 0.1) is 0 Å². The Morgan fingerprint density at radius 2 is 1.31 bits per heavy atom. The van der Waals surface area contributed by atoms with Crippen LogP contribution >= 0.6 is 0 Å². The average Bonchev–Trinajstić information content (AvgIpc) is 2.47. The molecule has 2 fully saturated rings. The molecule has 0 saturated carbocycles. The molecule has 0 aliphatic carbocycles. The third-order valence-corrected chi connectivity index (χ3v) is 3.05. The van der Waals surface area contributed by atoms with Crippen LogP contribution in [0.5, 0.6) is 0 Å². The zero-order chi connectivity index (χ0) is 8.93. The highest BCUT2D eigenvalue weighted by atomic mass is 15.6. The first kappa shape index (κ1) is 9.44. The van der Waals surface area contributed by atoms with Gasteiger partial charge < -0.3 is 5.32 Å². The maximum Gasteiger partial charge on any atom is 0.0258 e. The van der Waals surface area contributed by atoms with Crippen LogP contribution in [0.2, 0.25) is 0 Å². The zero-order valence-corrected chi connectivity index (χ0v) is 8.47. The van der Waals surface area contributed by atoms with Gasteiger partial charge in [-0.2, -0.15) is 0 Å². The van der Waals surface area contributed by atoms with Gasteiger partial charge in [0, 0.05) is 32.7 Å². The second-order valence-electron chi connectivity index (χ2n) is 4.07. The molecule has 0 bridgehead atoms. The predicted octanol–water partition coefficient (Wildman–Crippen LogP) is 0.683. The molecule has 1 N–H and O–H groups in total. The number of nitrogens with zero attached hydrogens (tertiary/aromatic N) is 2. The van der Waals surface area contributed by atoms with E-state index in [0.29, 0.717) is 0 Å². The van der Waals surface area contributed by atoms with Gasteiger partial charge in [0.1, 0.15) is 0 Å². The van der Waals surface area contributed by atoms with Crippen molar-refractivity contribution in [1.82, 2.24) is 15.3 Å². The van der Waals surface area contributed by atoms with Crippen molar-refractivity contribution < 1.29 is 0 Å². The van der Waals surface area contributed by atoms with E-state index in [0.717, 1.165) is 6.54 Å². The van der Waals surface area contributed by atoms with Crippen LogP contribution in [0.15, 0.2) is 0 Å². The van der Waals surface area contributed by atoms with E-state index < -0.39 is 0 Å². The molecule has 0 aromatic heterocycles. The first-order valence-electron chi connectivity index (χ1n) is 5.67. The summed E-state index contributed by atoms with van der Waals surface area (Å²) < 4.78 is 0. The first-order chi connectivity index (χ1) is 6.47. The molecule has 76 valence electrons. The summed E-state index contributed by atoms with van der Waals surface area (Å²) in [4.78, 5) is 0. The summed E-state index contributed by atoms with van der Waals surface area (Å²) in [5.74, 6) is 0. The Balaban J connectivity index is 1.82.